The number of hydrogen-bond acceptors (Lipinski definition) is 4. The minimum Gasteiger partial charge on any atom is -0.480 e. The third kappa shape index (κ3) is 3.70. The van der Waals surface area contributed by atoms with E-state index < -0.39 is 11.5 Å². The molecule has 2 fully saturated rings. The van der Waals surface area contributed by atoms with E-state index in [0.717, 1.165) is 32.1 Å². The summed E-state index contributed by atoms with van der Waals surface area (Å²) in [7, 11) is 0. The third-order valence-corrected chi connectivity index (χ3v) is 4.34. The number of hydrogen-bond donors (Lipinski definition) is 2. The molecule has 0 radical (unpaired) electrons. The molecule has 0 unspecified atom stereocenters. The first-order chi connectivity index (χ1) is 9.51. The van der Waals surface area contributed by atoms with Crippen LogP contribution in [0.25, 0.3) is 0 Å². The van der Waals surface area contributed by atoms with E-state index in [4.69, 9.17) is 15.6 Å². The highest BCUT2D eigenvalue weighted by Crippen LogP contribution is 2.29. The molecule has 6 nitrogen and oxygen atoms in total. The van der Waals surface area contributed by atoms with E-state index in [1.807, 2.05) is 4.90 Å². The van der Waals surface area contributed by atoms with Crippen LogP contribution in [0.1, 0.15) is 44.9 Å². The Hall–Kier alpha value is -1.14. The van der Waals surface area contributed by atoms with Gasteiger partial charge in [-0.05, 0) is 25.7 Å². The van der Waals surface area contributed by atoms with Gasteiger partial charge in [-0.1, -0.05) is 19.3 Å². The van der Waals surface area contributed by atoms with Crippen molar-refractivity contribution in [1.29, 1.82) is 0 Å². The average molecular weight is 284 g/mol. The first-order valence-electron chi connectivity index (χ1n) is 7.43. The quantitative estimate of drug-likeness (QED) is 0.794. The van der Waals surface area contributed by atoms with Crippen molar-refractivity contribution in [3.63, 3.8) is 0 Å². The molecular formula is C14H24N2O4. The Bertz CT molecular complexity index is 358. The van der Waals surface area contributed by atoms with Crippen molar-refractivity contribution < 1.29 is 19.4 Å². The number of ether oxygens (including phenoxy) is 1. The lowest BCUT2D eigenvalue weighted by Crippen LogP contribution is -2.58. The van der Waals surface area contributed by atoms with Crippen molar-refractivity contribution in [2.75, 3.05) is 19.7 Å². The number of nitrogens with zero attached hydrogens (tertiary/aromatic N) is 1. The Morgan fingerprint density at radius 2 is 1.80 bits per heavy atom. The number of piperidine rings is 1. The topological polar surface area (TPSA) is 92.9 Å². The van der Waals surface area contributed by atoms with Gasteiger partial charge in [0.05, 0.1) is 11.6 Å². The van der Waals surface area contributed by atoms with Gasteiger partial charge >= 0.3 is 5.97 Å². The van der Waals surface area contributed by atoms with Gasteiger partial charge in [-0.3, -0.25) is 4.79 Å². The largest absolute Gasteiger partial charge is 0.480 e. The lowest BCUT2D eigenvalue weighted by Gasteiger charge is -2.39. The van der Waals surface area contributed by atoms with Crippen LogP contribution in [-0.2, 0) is 14.3 Å². The Balaban J connectivity index is 1.81. The molecule has 2 rings (SSSR count). The van der Waals surface area contributed by atoms with Gasteiger partial charge in [0.1, 0.15) is 6.61 Å². The zero-order valence-corrected chi connectivity index (χ0v) is 11.8. The van der Waals surface area contributed by atoms with E-state index in [0.29, 0.717) is 25.9 Å². The SMILES string of the molecule is NC1(C(=O)N2CCC(OCC(=O)O)CC2)CCCCC1. The predicted molar refractivity (Wildman–Crippen MR) is 73.2 cm³/mol. The number of carbonyl (C=O) groups is 2. The summed E-state index contributed by atoms with van der Waals surface area (Å²) in [5, 5.41) is 8.58. The molecule has 0 aromatic rings. The molecule has 114 valence electrons. The smallest absolute Gasteiger partial charge is 0.329 e. The molecule has 0 atom stereocenters. The number of rotatable bonds is 4. The zero-order chi connectivity index (χ0) is 14.6. The van der Waals surface area contributed by atoms with Gasteiger partial charge in [0.2, 0.25) is 5.91 Å². The van der Waals surface area contributed by atoms with Crippen LogP contribution in [0.2, 0.25) is 0 Å². The zero-order valence-electron chi connectivity index (χ0n) is 11.8. The fraction of sp³-hybridized carbons (Fsp3) is 0.857. The van der Waals surface area contributed by atoms with E-state index >= 15 is 0 Å². The summed E-state index contributed by atoms with van der Waals surface area (Å²) in [6.07, 6.45) is 6.10. The van der Waals surface area contributed by atoms with Gasteiger partial charge in [0, 0.05) is 13.1 Å². The van der Waals surface area contributed by atoms with E-state index in [-0.39, 0.29) is 18.6 Å². The molecule has 0 aromatic carbocycles. The highest BCUT2D eigenvalue weighted by molar-refractivity contribution is 5.86. The maximum absolute atomic E-state index is 12.5. The molecule has 6 heteroatoms. The Morgan fingerprint density at radius 3 is 2.35 bits per heavy atom. The number of amides is 1. The fourth-order valence-electron chi connectivity index (χ4n) is 3.13. The Labute approximate surface area is 119 Å². The highest BCUT2D eigenvalue weighted by Gasteiger charge is 2.39. The van der Waals surface area contributed by atoms with Crippen LogP contribution in [0, 0.1) is 0 Å². The lowest BCUT2D eigenvalue weighted by molar-refractivity contribution is -0.148. The molecule has 20 heavy (non-hydrogen) atoms. The van der Waals surface area contributed by atoms with Crippen molar-refractivity contribution in [2.24, 2.45) is 5.73 Å². The standard InChI is InChI=1S/C14H24N2O4/c15-14(6-2-1-3-7-14)13(19)16-8-4-11(5-9-16)20-10-12(17)18/h11H,1-10,15H2,(H,17,18). The van der Waals surface area contributed by atoms with Crippen molar-refractivity contribution in [1.82, 2.24) is 4.90 Å². The maximum Gasteiger partial charge on any atom is 0.329 e. The van der Waals surface area contributed by atoms with E-state index in [9.17, 15) is 9.59 Å². The summed E-state index contributed by atoms with van der Waals surface area (Å²) in [5.41, 5.74) is 5.59. The van der Waals surface area contributed by atoms with Crippen molar-refractivity contribution in [3.8, 4) is 0 Å². The molecule has 2 aliphatic rings. The van der Waals surface area contributed by atoms with E-state index in [1.165, 1.54) is 0 Å². The van der Waals surface area contributed by atoms with E-state index in [1.54, 1.807) is 0 Å². The van der Waals surface area contributed by atoms with Gasteiger partial charge in [0.25, 0.3) is 0 Å². The van der Waals surface area contributed by atoms with Gasteiger partial charge in [-0.25, -0.2) is 4.79 Å². The number of carboxylic acid groups (broad SMARTS) is 1. The minimum absolute atomic E-state index is 0.0600. The first-order valence-corrected chi connectivity index (χ1v) is 7.43. The normalized spacial score (nSPS) is 23.6. The molecule has 0 aromatic heterocycles. The Morgan fingerprint density at radius 1 is 1.20 bits per heavy atom. The number of carbonyl (C=O) groups excluding carboxylic acids is 1. The van der Waals surface area contributed by atoms with Crippen molar-refractivity contribution in [2.45, 2.75) is 56.6 Å². The lowest BCUT2D eigenvalue weighted by atomic mass is 9.81. The summed E-state index contributed by atoms with van der Waals surface area (Å²) in [6, 6.07) is 0. The summed E-state index contributed by atoms with van der Waals surface area (Å²) < 4.78 is 5.27. The molecule has 3 N–H and O–H groups in total. The van der Waals surface area contributed by atoms with Crippen LogP contribution in [-0.4, -0.2) is 53.2 Å². The average Bonchev–Trinajstić information content (AvgIpc) is 2.45. The molecule has 1 amide bonds. The second-order valence-corrected chi connectivity index (χ2v) is 5.91. The summed E-state index contributed by atoms with van der Waals surface area (Å²) in [6.45, 7) is 0.962. The molecule has 1 saturated heterocycles. The van der Waals surface area contributed by atoms with Crippen LogP contribution >= 0.6 is 0 Å². The summed E-state index contributed by atoms with van der Waals surface area (Å²) in [4.78, 5) is 24.8. The van der Waals surface area contributed by atoms with Crippen LogP contribution in [0.4, 0.5) is 0 Å². The molecule has 1 heterocycles. The summed E-state index contributed by atoms with van der Waals surface area (Å²) >= 11 is 0. The van der Waals surface area contributed by atoms with Crippen LogP contribution in [0.15, 0.2) is 0 Å². The number of nitrogens with two attached hydrogens (primary N) is 1. The Kier molecular flexibility index (Phi) is 4.99. The number of likely N-dealkylation sites (tertiary alicyclic amines) is 1. The van der Waals surface area contributed by atoms with Crippen LogP contribution < -0.4 is 5.73 Å². The van der Waals surface area contributed by atoms with Gasteiger partial charge in [0.15, 0.2) is 0 Å². The van der Waals surface area contributed by atoms with Gasteiger partial charge < -0.3 is 20.5 Å². The predicted octanol–water partition coefficient (Wildman–Crippen LogP) is 0.740. The fourth-order valence-corrected chi connectivity index (χ4v) is 3.13. The molecule has 0 bridgehead atoms. The highest BCUT2D eigenvalue weighted by atomic mass is 16.5. The number of aliphatic carboxylic acids is 1. The molecule has 0 spiro atoms. The molecule has 1 aliphatic heterocycles. The monoisotopic (exact) mass is 284 g/mol. The maximum atomic E-state index is 12.5. The molecule has 1 saturated carbocycles. The van der Waals surface area contributed by atoms with Crippen LogP contribution in [0.3, 0.4) is 0 Å². The van der Waals surface area contributed by atoms with Crippen molar-refractivity contribution >= 4 is 11.9 Å². The minimum atomic E-state index is -0.952. The second-order valence-electron chi connectivity index (χ2n) is 5.91. The second kappa shape index (κ2) is 6.54. The number of carboxylic acids is 1. The van der Waals surface area contributed by atoms with E-state index in [2.05, 4.69) is 0 Å². The van der Waals surface area contributed by atoms with Gasteiger partial charge in [-0.2, -0.15) is 0 Å². The molecular weight excluding hydrogens is 260 g/mol. The first kappa shape index (κ1) is 15.3. The van der Waals surface area contributed by atoms with Crippen LogP contribution in [0.5, 0.6) is 0 Å². The van der Waals surface area contributed by atoms with Gasteiger partial charge in [-0.15, -0.1) is 0 Å². The molecule has 1 aliphatic carbocycles. The summed E-state index contributed by atoms with van der Waals surface area (Å²) in [5.74, 6) is -0.888. The van der Waals surface area contributed by atoms with Crippen molar-refractivity contribution in [3.05, 3.63) is 0 Å². The third-order valence-electron chi connectivity index (χ3n) is 4.34.